The summed E-state index contributed by atoms with van der Waals surface area (Å²) in [6.07, 6.45) is 4.70. The zero-order valence-corrected chi connectivity index (χ0v) is 9.32. The first-order chi connectivity index (χ1) is 7.25. The summed E-state index contributed by atoms with van der Waals surface area (Å²) in [7, 11) is 0. The lowest BCUT2D eigenvalue weighted by Gasteiger charge is -2.31. The molecular formula is C11H18O4. The molecule has 0 bridgehead atoms. The molecule has 0 aromatic carbocycles. The second kappa shape index (κ2) is 5.88. The number of ether oxygens (including phenoxy) is 3. The number of carbonyl (C=O) groups excluding carboxylic acids is 1. The van der Waals surface area contributed by atoms with E-state index in [2.05, 4.69) is 0 Å². The smallest absolute Gasteiger partial charge is 0.256 e. The van der Waals surface area contributed by atoms with Gasteiger partial charge in [0.25, 0.3) is 5.79 Å². The van der Waals surface area contributed by atoms with Gasteiger partial charge in [-0.15, -0.1) is 0 Å². The van der Waals surface area contributed by atoms with Crippen LogP contribution in [0.1, 0.15) is 26.7 Å². The molecule has 0 saturated carbocycles. The van der Waals surface area contributed by atoms with Gasteiger partial charge in [0.1, 0.15) is 0 Å². The maximum Gasteiger partial charge on any atom is 0.256 e. The van der Waals surface area contributed by atoms with Crippen LogP contribution in [0, 0.1) is 0 Å². The van der Waals surface area contributed by atoms with E-state index in [0.717, 1.165) is 12.8 Å². The van der Waals surface area contributed by atoms with Crippen LogP contribution >= 0.6 is 0 Å². The van der Waals surface area contributed by atoms with E-state index in [1.807, 2.05) is 13.8 Å². The molecule has 4 heteroatoms. The van der Waals surface area contributed by atoms with Crippen molar-refractivity contribution in [2.75, 3.05) is 19.8 Å². The third kappa shape index (κ3) is 3.04. The first kappa shape index (κ1) is 12.2. The molecule has 0 spiro atoms. The van der Waals surface area contributed by atoms with Gasteiger partial charge in [0.15, 0.2) is 6.61 Å². The highest BCUT2D eigenvalue weighted by Crippen LogP contribution is 2.21. The van der Waals surface area contributed by atoms with Crippen LogP contribution in [0.4, 0.5) is 0 Å². The summed E-state index contributed by atoms with van der Waals surface area (Å²) in [5, 5.41) is 0. The Hall–Kier alpha value is -0.870. The molecule has 0 fully saturated rings. The maximum atomic E-state index is 11.7. The molecule has 1 heterocycles. The van der Waals surface area contributed by atoms with E-state index in [4.69, 9.17) is 14.2 Å². The molecule has 0 aliphatic carbocycles. The Morgan fingerprint density at radius 1 is 1.33 bits per heavy atom. The molecule has 0 atom stereocenters. The fourth-order valence-corrected chi connectivity index (χ4v) is 1.26. The molecule has 0 aromatic heterocycles. The van der Waals surface area contributed by atoms with E-state index in [1.165, 1.54) is 6.26 Å². The minimum Gasteiger partial charge on any atom is -0.493 e. The van der Waals surface area contributed by atoms with Crippen molar-refractivity contribution in [3.8, 4) is 0 Å². The predicted octanol–water partition coefficient (Wildman–Crippen LogP) is 1.65. The largest absolute Gasteiger partial charge is 0.493 e. The van der Waals surface area contributed by atoms with Crippen molar-refractivity contribution in [1.82, 2.24) is 0 Å². The Balaban J connectivity index is 2.68. The third-order valence-corrected chi connectivity index (χ3v) is 2.03. The first-order valence-electron chi connectivity index (χ1n) is 5.35. The summed E-state index contributed by atoms with van der Waals surface area (Å²) < 4.78 is 15.9. The SMILES string of the molecule is CCCOC1(OCCC)C=COCC1=O. The molecule has 0 amide bonds. The van der Waals surface area contributed by atoms with Crippen molar-refractivity contribution in [3.05, 3.63) is 12.3 Å². The Kier molecular flexibility index (Phi) is 4.78. The van der Waals surface area contributed by atoms with Crippen molar-refractivity contribution in [2.45, 2.75) is 32.5 Å². The molecule has 1 rings (SSSR count). The van der Waals surface area contributed by atoms with E-state index >= 15 is 0 Å². The van der Waals surface area contributed by atoms with Crippen molar-refractivity contribution in [2.24, 2.45) is 0 Å². The van der Waals surface area contributed by atoms with Crippen LogP contribution in [-0.2, 0) is 19.0 Å². The second-order valence-corrected chi connectivity index (χ2v) is 3.40. The Morgan fingerprint density at radius 2 is 1.93 bits per heavy atom. The standard InChI is InChI=1S/C11H18O4/c1-3-6-14-11(15-7-4-2)5-8-13-9-10(11)12/h5,8H,3-4,6-7,9H2,1-2H3. The van der Waals surface area contributed by atoms with E-state index in [-0.39, 0.29) is 12.4 Å². The monoisotopic (exact) mass is 214 g/mol. The van der Waals surface area contributed by atoms with E-state index in [1.54, 1.807) is 6.08 Å². The fraction of sp³-hybridized carbons (Fsp3) is 0.727. The summed E-state index contributed by atoms with van der Waals surface area (Å²) in [5.41, 5.74) is 0. The highest BCUT2D eigenvalue weighted by molar-refractivity contribution is 5.89. The van der Waals surface area contributed by atoms with E-state index in [0.29, 0.717) is 13.2 Å². The molecule has 0 aromatic rings. The third-order valence-electron chi connectivity index (χ3n) is 2.03. The number of carbonyl (C=O) groups is 1. The van der Waals surface area contributed by atoms with Crippen LogP contribution in [0.5, 0.6) is 0 Å². The van der Waals surface area contributed by atoms with Crippen LogP contribution in [0.2, 0.25) is 0 Å². The van der Waals surface area contributed by atoms with Crippen LogP contribution in [-0.4, -0.2) is 31.4 Å². The van der Waals surface area contributed by atoms with Gasteiger partial charge >= 0.3 is 0 Å². The van der Waals surface area contributed by atoms with Gasteiger partial charge < -0.3 is 14.2 Å². The minimum absolute atomic E-state index is 0.0178. The van der Waals surface area contributed by atoms with Crippen molar-refractivity contribution in [3.63, 3.8) is 0 Å². The van der Waals surface area contributed by atoms with Gasteiger partial charge in [-0.3, -0.25) is 4.79 Å². The molecule has 1 aliphatic rings. The van der Waals surface area contributed by atoms with Gasteiger partial charge in [-0.1, -0.05) is 13.8 Å². The van der Waals surface area contributed by atoms with Crippen molar-refractivity contribution >= 4 is 5.78 Å². The molecule has 15 heavy (non-hydrogen) atoms. The van der Waals surface area contributed by atoms with Gasteiger partial charge in [-0.05, 0) is 12.8 Å². The lowest BCUT2D eigenvalue weighted by atomic mass is 10.1. The topological polar surface area (TPSA) is 44.8 Å². The van der Waals surface area contributed by atoms with Crippen LogP contribution < -0.4 is 0 Å². The summed E-state index contributed by atoms with van der Waals surface area (Å²) in [6.45, 7) is 4.99. The molecule has 4 nitrogen and oxygen atoms in total. The Labute approximate surface area is 90.2 Å². The number of Topliss-reactive ketones (excluding diaryl/α,β-unsaturated/α-hetero) is 1. The van der Waals surface area contributed by atoms with Crippen molar-refractivity contribution in [1.29, 1.82) is 0 Å². The maximum absolute atomic E-state index is 11.7. The number of rotatable bonds is 6. The lowest BCUT2D eigenvalue weighted by Crippen LogP contribution is -2.46. The van der Waals surface area contributed by atoms with Gasteiger partial charge in [0.2, 0.25) is 5.78 Å². The highest BCUT2D eigenvalue weighted by Gasteiger charge is 2.40. The fourth-order valence-electron chi connectivity index (χ4n) is 1.26. The minimum atomic E-state index is -1.20. The average molecular weight is 214 g/mol. The zero-order valence-electron chi connectivity index (χ0n) is 9.32. The summed E-state index contributed by atoms with van der Waals surface area (Å²) >= 11 is 0. The second-order valence-electron chi connectivity index (χ2n) is 3.40. The lowest BCUT2D eigenvalue weighted by molar-refractivity contribution is -0.212. The highest BCUT2D eigenvalue weighted by atomic mass is 16.7. The summed E-state index contributed by atoms with van der Waals surface area (Å²) in [5.74, 6) is -1.38. The Morgan fingerprint density at radius 3 is 2.40 bits per heavy atom. The molecular weight excluding hydrogens is 196 g/mol. The number of hydrogen-bond donors (Lipinski definition) is 0. The first-order valence-corrected chi connectivity index (χ1v) is 5.35. The molecule has 0 unspecified atom stereocenters. The van der Waals surface area contributed by atoms with Crippen LogP contribution in [0.3, 0.4) is 0 Å². The van der Waals surface area contributed by atoms with Gasteiger partial charge in [-0.2, -0.15) is 0 Å². The normalized spacial score (nSPS) is 18.9. The predicted molar refractivity (Wildman–Crippen MR) is 55.3 cm³/mol. The number of ketones is 1. The molecule has 0 radical (unpaired) electrons. The van der Waals surface area contributed by atoms with Crippen LogP contribution in [0.15, 0.2) is 12.3 Å². The average Bonchev–Trinajstić information content (AvgIpc) is 2.27. The molecule has 86 valence electrons. The molecule has 0 saturated heterocycles. The molecule has 1 aliphatic heterocycles. The Bertz CT molecular complexity index is 227. The van der Waals surface area contributed by atoms with Crippen molar-refractivity contribution < 1.29 is 19.0 Å². The van der Waals surface area contributed by atoms with Gasteiger partial charge in [0.05, 0.1) is 19.5 Å². The van der Waals surface area contributed by atoms with Gasteiger partial charge in [0, 0.05) is 6.08 Å². The summed E-state index contributed by atoms with van der Waals surface area (Å²) in [6, 6.07) is 0. The molecule has 0 N–H and O–H groups in total. The van der Waals surface area contributed by atoms with Crippen LogP contribution in [0.25, 0.3) is 0 Å². The van der Waals surface area contributed by atoms with E-state index in [9.17, 15) is 4.79 Å². The summed E-state index contributed by atoms with van der Waals surface area (Å²) in [4.78, 5) is 11.7. The number of hydrogen-bond acceptors (Lipinski definition) is 4. The van der Waals surface area contributed by atoms with E-state index < -0.39 is 5.79 Å². The zero-order chi connectivity index (χ0) is 11.1. The van der Waals surface area contributed by atoms with Gasteiger partial charge in [-0.25, -0.2) is 0 Å². The quantitative estimate of drug-likeness (QED) is 0.631.